The first-order chi connectivity index (χ1) is 1.00. The zero-order valence-electron chi connectivity index (χ0n) is 1.89. The Balaban J connectivity index is -0.00000000167. The van der Waals surface area contributed by atoms with Gasteiger partial charge in [0.2, 0.25) is 0 Å². The molecule has 0 saturated carbocycles. The Kier molecular flexibility index (Phi) is 217. The van der Waals surface area contributed by atoms with Gasteiger partial charge in [-0.25, -0.2) is 0 Å². The summed E-state index contributed by atoms with van der Waals surface area (Å²) in [7, 11) is 0. The predicted molar refractivity (Wildman–Crippen MR) is 12.4 cm³/mol. The van der Waals surface area contributed by atoms with E-state index in [0.29, 0.717) is 0 Å². The fourth-order valence-corrected chi connectivity index (χ4v) is 0. The molecule has 0 unspecified atom stereocenters. The van der Waals surface area contributed by atoms with Crippen LogP contribution < -0.4 is 0 Å². The van der Waals surface area contributed by atoms with Crippen LogP contribution in [0.4, 0.5) is 0 Å². The summed E-state index contributed by atoms with van der Waals surface area (Å²) < 4.78 is 0. The van der Waals surface area contributed by atoms with Gasteiger partial charge in [0.1, 0.15) is 0 Å². The summed E-state index contributed by atoms with van der Waals surface area (Å²) in [6.45, 7) is 0. The van der Waals surface area contributed by atoms with Crippen molar-refractivity contribution in [2.75, 3.05) is 0 Å². The fourth-order valence-electron chi connectivity index (χ4n) is 0. The van der Waals surface area contributed by atoms with Gasteiger partial charge in [-0.2, -0.15) is 0 Å². The first-order valence-corrected chi connectivity index (χ1v) is 0.200. The van der Waals surface area contributed by atoms with E-state index in [1.807, 2.05) is 0 Å². The number of rotatable bonds is 0. The molecule has 0 aromatic heterocycles. The number of hydrogen-bond acceptors (Lipinski definition) is 2. The van der Waals surface area contributed by atoms with Crippen molar-refractivity contribution in [3.05, 3.63) is 0 Å². The minimum atomic E-state index is 0. The Morgan fingerprint density at radius 2 is 0.800 bits per heavy atom. The first kappa shape index (κ1) is 28.3. The van der Waals surface area contributed by atoms with Crippen LogP contribution in [0.3, 0.4) is 0 Å². The zero-order chi connectivity index (χ0) is 2.00. The molecule has 0 aliphatic heterocycles. The third kappa shape index (κ3) is 24.4. The molecule has 0 amide bonds. The Hall–Kier alpha value is 1.95. The molecule has 5 heteroatoms. The van der Waals surface area contributed by atoms with Crippen LogP contribution in [-0.2, 0) is 43.4 Å². The maximum absolute atomic E-state index is 6.00. The maximum atomic E-state index is 6.00. The average Bonchev–Trinajstić information content (AvgIpc) is 1.00. The third-order valence-corrected chi connectivity index (χ3v) is 0. The number of hydrogen-bond donors (Lipinski definition) is 2. The molecule has 0 heterocycles. The van der Waals surface area contributed by atoms with Gasteiger partial charge in [-0.05, 0) is 0 Å². The molecule has 0 aromatic rings. The summed E-state index contributed by atoms with van der Waals surface area (Å²) in [6, 6.07) is 0. The second kappa shape index (κ2) is 38.4. The molecule has 0 saturated heterocycles. The Morgan fingerprint density at radius 1 is 0.800 bits per heavy atom. The molecule has 0 bridgehead atoms. The van der Waals surface area contributed by atoms with E-state index in [4.69, 9.17) is 10.5 Å². The quantitative estimate of drug-likeness (QED) is 0.265. The Labute approximate surface area is 72.2 Å². The van der Waals surface area contributed by atoms with Gasteiger partial charge >= 0.3 is 18.9 Å². The largest absolute Gasteiger partial charge is 0 e. The van der Waals surface area contributed by atoms with Crippen LogP contribution in [0.15, 0.2) is 0 Å². The molecule has 0 atom stereocenters. The van der Waals surface area contributed by atoms with E-state index in [1.54, 1.807) is 0 Å². The van der Waals surface area contributed by atoms with Crippen molar-refractivity contribution < 1.29 is 53.9 Å². The van der Waals surface area contributed by atoms with Gasteiger partial charge in [-0.15, -0.1) is 0 Å². The molecule has 0 aromatic carbocycles. The molecule has 2 nitrogen and oxygen atoms in total. The molecular formula is H3LiO2Ti2. The minimum Gasteiger partial charge on any atom is 0 e. The molecule has 0 radical (unpaired) electrons. The van der Waals surface area contributed by atoms with Crippen molar-refractivity contribution in [3.63, 3.8) is 0 Å². The van der Waals surface area contributed by atoms with E-state index < -0.39 is 0 Å². The predicted octanol–water partition coefficient (Wildman–Crippen LogP) is -0.636. The van der Waals surface area contributed by atoms with Crippen molar-refractivity contribution in [2.45, 2.75) is 0 Å². The van der Waals surface area contributed by atoms with Crippen LogP contribution in [-0.4, -0.2) is 29.4 Å². The molecule has 24 valence electrons. The second-order valence-corrected chi connectivity index (χ2v) is 0. The van der Waals surface area contributed by atoms with Gasteiger partial charge in [0.05, 0.1) is 0 Å². The van der Waals surface area contributed by atoms with Gasteiger partial charge in [-0.3, -0.25) is 10.5 Å². The van der Waals surface area contributed by atoms with Gasteiger partial charge in [0.25, 0.3) is 0 Å². The second-order valence-electron chi connectivity index (χ2n) is 0. The first-order valence-electron chi connectivity index (χ1n) is 0.200. The smallest absolute Gasteiger partial charge is 0 e. The topological polar surface area (TPSA) is 40.5 Å². The van der Waals surface area contributed by atoms with Crippen LogP contribution >= 0.6 is 0 Å². The van der Waals surface area contributed by atoms with Crippen molar-refractivity contribution in [1.29, 1.82) is 0 Å². The molecule has 0 aliphatic carbocycles. The summed E-state index contributed by atoms with van der Waals surface area (Å²) in [4.78, 5) is 0. The van der Waals surface area contributed by atoms with Crippen LogP contribution in [0, 0.1) is 0 Å². The summed E-state index contributed by atoms with van der Waals surface area (Å²) in [5.74, 6) is 0. The van der Waals surface area contributed by atoms with Crippen molar-refractivity contribution >= 4 is 18.9 Å². The Morgan fingerprint density at radius 3 is 0.800 bits per heavy atom. The zero-order valence-corrected chi connectivity index (χ0v) is 5.02. The Bertz CT molecular complexity index is 7.61. The average molecular weight is 138 g/mol. The minimum absolute atomic E-state index is 0. The van der Waals surface area contributed by atoms with E-state index in [-0.39, 0.29) is 62.3 Å². The van der Waals surface area contributed by atoms with E-state index in [2.05, 4.69) is 0 Å². The maximum Gasteiger partial charge on any atom is 0 e. The molecule has 0 spiro atoms. The summed E-state index contributed by atoms with van der Waals surface area (Å²) >= 11 is 0. The molecule has 0 aliphatic rings. The van der Waals surface area contributed by atoms with Gasteiger partial charge < -0.3 is 0 Å². The van der Waals surface area contributed by atoms with E-state index in [9.17, 15) is 0 Å². The van der Waals surface area contributed by atoms with E-state index >= 15 is 0 Å². The molecule has 5 heavy (non-hydrogen) atoms. The monoisotopic (exact) mass is 138 g/mol. The molecule has 0 fully saturated rings. The molecule has 2 N–H and O–H groups in total. The summed E-state index contributed by atoms with van der Waals surface area (Å²) in [5, 5.41) is 12.0. The van der Waals surface area contributed by atoms with Crippen molar-refractivity contribution in [3.8, 4) is 0 Å². The third-order valence-electron chi connectivity index (χ3n) is 0. The van der Waals surface area contributed by atoms with Crippen LogP contribution in [0.5, 0.6) is 0 Å². The summed E-state index contributed by atoms with van der Waals surface area (Å²) in [5.41, 5.74) is 0. The van der Waals surface area contributed by atoms with Gasteiger partial charge in [0, 0.05) is 43.4 Å². The van der Waals surface area contributed by atoms with Crippen LogP contribution in [0.25, 0.3) is 0 Å². The van der Waals surface area contributed by atoms with Crippen LogP contribution in [0.2, 0.25) is 0 Å². The van der Waals surface area contributed by atoms with E-state index in [1.165, 1.54) is 0 Å². The molecular weight excluding hydrogens is 135 g/mol. The van der Waals surface area contributed by atoms with Crippen LogP contribution in [0.1, 0.15) is 0 Å². The van der Waals surface area contributed by atoms with E-state index in [0.717, 1.165) is 0 Å². The molecule has 0 rings (SSSR count). The van der Waals surface area contributed by atoms with Gasteiger partial charge in [0.15, 0.2) is 0 Å². The SMILES string of the molecule is OO.[LiH].[Ti].[Ti]. The van der Waals surface area contributed by atoms with Crippen molar-refractivity contribution in [1.82, 2.24) is 0 Å². The summed E-state index contributed by atoms with van der Waals surface area (Å²) in [6.07, 6.45) is 0. The fraction of sp³-hybridized carbons (Fsp3) is 0. The van der Waals surface area contributed by atoms with Gasteiger partial charge in [-0.1, -0.05) is 0 Å². The van der Waals surface area contributed by atoms with Crippen molar-refractivity contribution in [2.24, 2.45) is 0 Å². The standard InChI is InChI=1S/Li.H2O2.2Ti.H/c;1-2;;;/h;1-2H;;;. The normalized spacial score (nSPS) is 1.20.